The van der Waals surface area contributed by atoms with E-state index >= 15 is 0 Å². The lowest BCUT2D eigenvalue weighted by Gasteiger charge is -1.96. The molecule has 0 spiro atoms. The van der Waals surface area contributed by atoms with Crippen LogP contribution < -0.4 is 0 Å². The quantitative estimate of drug-likeness (QED) is 0.490. The zero-order valence-electron chi connectivity index (χ0n) is 6.07. The Hall–Kier alpha value is -1.29. The van der Waals surface area contributed by atoms with Crippen molar-refractivity contribution in [1.82, 2.24) is 0 Å². The minimum absolute atomic E-state index is 0.137. The van der Waals surface area contributed by atoms with Crippen LogP contribution in [0.4, 0.5) is 0 Å². The van der Waals surface area contributed by atoms with Crippen LogP contribution in [-0.2, 0) is 9.78 Å². The van der Waals surface area contributed by atoms with Gasteiger partial charge in [0.15, 0.2) is 0 Å². The summed E-state index contributed by atoms with van der Waals surface area (Å²) >= 11 is 0. The highest BCUT2D eigenvalue weighted by Gasteiger charge is 2.09. The predicted molar refractivity (Wildman–Crippen MR) is 35.7 cm³/mol. The highest BCUT2D eigenvalue weighted by molar-refractivity contribution is 5.85. The highest BCUT2D eigenvalue weighted by Crippen LogP contribution is 2.01. The SMILES string of the molecule is CCOOC(=O)c1ccco1. The fourth-order valence-corrected chi connectivity index (χ4v) is 0.548. The van der Waals surface area contributed by atoms with Gasteiger partial charge in [0.25, 0.3) is 0 Å². The molecule has 0 radical (unpaired) electrons. The molecule has 60 valence electrons. The Morgan fingerprint density at radius 1 is 1.73 bits per heavy atom. The molecule has 0 saturated heterocycles. The molecule has 0 N–H and O–H groups in total. The summed E-state index contributed by atoms with van der Waals surface area (Å²) in [5.74, 6) is -0.477. The normalized spacial score (nSPS) is 9.55. The van der Waals surface area contributed by atoms with Crippen molar-refractivity contribution in [1.29, 1.82) is 0 Å². The summed E-state index contributed by atoms with van der Waals surface area (Å²) in [5.41, 5.74) is 0. The van der Waals surface area contributed by atoms with Gasteiger partial charge in [0, 0.05) is 0 Å². The largest absolute Gasteiger partial charge is 0.457 e. The van der Waals surface area contributed by atoms with E-state index in [1.54, 1.807) is 13.0 Å². The van der Waals surface area contributed by atoms with E-state index in [0.29, 0.717) is 6.61 Å². The van der Waals surface area contributed by atoms with E-state index in [9.17, 15) is 4.79 Å². The van der Waals surface area contributed by atoms with E-state index in [2.05, 4.69) is 9.78 Å². The number of carbonyl (C=O) groups excluding carboxylic acids is 1. The first kappa shape index (κ1) is 7.81. The van der Waals surface area contributed by atoms with Crippen LogP contribution in [0.1, 0.15) is 17.5 Å². The highest BCUT2D eigenvalue weighted by atomic mass is 17.2. The molecule has 4 heteroatoms. The van der Waals surface area contributed by atoms with Crippen LogP contribution in [0.25, 0.3) is 0 Å². The lowest BCUT2D eigenvalue weighted by molar-refractivity contribution is -0.237. The molecule has 11 heavy (non-hydrogen) atoms. The Bertz CT molecular complexity index is 214. The maximum absolute atomic E-state index is 10.8. The first-order valence-electron chi connectivity index (χ1n) is 3.22. The molecular weight excluding hydrogens is 148 g/mol. The number of carbonyl (C=O) groups is 1. The number of hydrogen-bond acceptors (Lipinski definition) is 4. The summed E-state index contributed by atoms with van der Waals surface area (Å²) in [4.78, 5) is 19.5. The molecule has 1 rings (SSSR count). The van der Waals surface area contributed by atoms with Crippen molar-refractivity contribution in [2.75, 3.05) is 6.61 Å². The molecule has 0 saturated carbocycles. The van der Waals surface area contributed by atoms with Crippen LogP contribution in [0.15, 0.2) is 22.8 Å². The molecule has 1 aromatic rings. The molecule has 0 atom stereocenters. The van der Waals surface area contributed by atoms with Crippen LogP contribution in [0.3, 0.4) is 0 Å². The van der Waals surface area contributed by atoms with Gasteiger partial charge in [-0.15, -0.1) is 0 Å². The van der Waals surface area contributed by atoms with Gasteiger partial charge in [0.05, 0.1) is 12.9 Å². The molecular formula is C7H8O4. The van der Waals surface area contributed by atoms with Crippen LogP contribution in [0, 0.1) is 0 Å². The van der Waals surface area contributed by atoms with E-state index in [4.69, 9.17) is 4.42 Å². The molecule has 0 aliphatic heterocycles. The minimum Gasteiger partial charge on any atom is -0.457 e. The molecule has 0 aliphatic rings. The third kappa shape index (κ3) is 2.09. The number of hydrogen-bond donors (Lipinski definition) is 0. The summed E-state index contributed by atoms with van der Waals surface area (Å²) in [5, 5.41) is 0. The van der Waals surface area contributed by atoms with Gasteiger partial charge >= 0.3 is 5.97 Å². The van der Waals surface area contributed by atoms with Crippen molar-refractivity contribution in [2.24, 2.45) is 0 Å². The topological polar surface area (TPSA) is 48.7 Å². The van der Waals surface area contributed by atoms with Crippen molar-refractivity contribution < 1.29 is 19.0 Å². The Morgan fingerprint density at radius 2 is 2.55 bits per heavy atom. The second-order valence-corrected chi connectivity index (χ2v) is 1.75. The lowest BCUT2D eigenvalue weighted by Crippen LogP contribution is -2.04. The average molecular weight is 156 g/mol. The third-order valence-corrected chi connectivity index (χ3v) is 0.975. The van der Waals surface area contributed by atoms with Crippen molar-refractivity contribution in [3.63, 3.8) is 0 Å². The van der Waals surface area contributed by atoms with Crippen molar-refractivity contribution in [3.8, 4) is 0 Å². The molecule has 1 heterocycles. The number of furan rings is 1. The van der Waals surface area contributed by atoms with E-state index in [0.717, 1.165) is 0 Å². The average Bonchev–Trinajstić information content (AvgIpc) is 2.52. The van der Waals surface area contributed by atoms with Crippen LogP contribution in [0.5, 0.6) is 0 Å². The Morgan fingerprint density at radius 3 is 3.09 bits per heavy atom. The van der Waals surface area contributed by atoms with E-state index in [1.165, 1.54) is 12.3 Å². The van der Waals surface area contributed by atoms with Gasteiger partial charge in [-0.1, -0.05) is 0 Å². The smallest absolute Gasteiger partial charge is 0.407 e. The lowest BCUT2D eigenvalue weighted by atomic mass is 10.5. The van der Waals surface area contributed by atoms with Crippen molar-refractivity contribution in [3.05, 3.63) is 24.2 Å². The number of rotatable bonds is 3. The van der Waals surface area contributed by atoms with Gasteiger partial charge in [-0.3, -0.25) is 4.89 Å². The van der Waals surface area contributed by atoms with Crippen LogP contribution in [0.2, 0.25) is 0 Å². The summed E-state index contributed by atoms with van der Waals surface area (Å²) < 4.78 is 4.74. The molecule has 4 nitrogen and oxygen atoms in total. The van der Waals surface area contributed by atoms with Crippen LogP contribution >= 0.6 is 0 Å². The summed E-state index contributed by atoms with van der Waals surface area (Å²) in [7, 11) is 0. The summed E-state index contributed by atoms with van der Waals surface area (Å²) in [6.45, 7) is 2.04. The standard InChI is InChI=1S/C7H8O4/c1-2-10-11-7(8)6-4-3-5-9-6/h3-5H,2H2,1H3. The first-order chi connectivity index (χ1) is 5.34. The predicted octanol–water partition coefficient (Wildman–Crippen LogP) is 1.39. The molecule has 0 amide bonds. The molecule has 0 aliphatic carbocycles. The van der Waals surface area contributed by atoms with Gasteiger partial charge in [-0.05, 0) is 19.1 Å². The molecule has 0 unspecified atom stereocenters. The van der Waals surface area contributed by atoms with Crippen molar-refractivity contribution in [2.45, 2.75) is 6.92 Å². The summed E-state index contributed by atoms with van der Waals surface area (Å²) in [6, 6.07) is 3.10. The Balaban J connectivity index is 2.43. The second kappa shape index (κ2) is 3.78. The van der Waals surface area contributed by atoms with Gasteiger partial charge < -0.3 is 4.42 Å². The maximum Gasteiger partial charge on any atom is 0.407 e. The van der Waals surface area contributed by atoms with E-state index in [1.807, 2.05) is 0 Å². The molecule has 0 aromatic carbocycles. The minimum atomic E-state index is -0.614. The Labute approximate surface area is 63.6 Å². The van der Waals surface area contributed by atoms with E-state index in [-0.39, 0.29) is 5.76 Å². The fourth-order valence-electron chi connectivity index (χ4n) is 0.548. The molecule has 0 bridgehead atoms. The Kier molecular flexibility index (Phi) is 2.68. The third-order valence-electron chi connectivity index (χ3n) is 0.975. The zero-order valence-corrected chi connectivity index (χ0v) is 6.07. The van der Waals surface area contributed by atoms with Gasteiger partial charge in [0.2, 0.25) is 5.76 Å². The first-order valence-corrected chi connectivity index (χ1v) is 3.22. The molecule has 1 aromatic heterocycles. The van der Waals surface area contributed by atoms with Crippen LogP contribution in [-0.4, -0.2) is 12.6 Å². The van der Waals surface area contributed by atoms with E-state index < -0.39 is 5.97 Å². The van der Waals surface area contributed by atoms with Gasteiger partial charge in [-0.2, -0.15) is 4.89 Å². The maximum atomic E-state index is 10.8. The van der Waals surface area contributed by atoms with Gasteiger partial charge in [0.1, 0.15) is 0 Å². The second-order valence-electron chi connectivity index (χ2n) is 1.75. The van der Waals surface area contributed by atoms with Crippen molar-refractivity contribution >= 4 is 5.97 Å². The fraction of sp³-hybridized carbons (Fsp3) is 0.286. The molecule has 0 fully saturated rings. The van der Waals surface area contributed by atoms with Gasteiger partial charge in [-0.25, -0.2) is 4.79 Å². The summed E-state index contributed by atoms with van der Waals surface area (Å²) in [6.07, 6.45) is 1.39. The monoisotopic (exact) mass is 156 g/mol. The zero-order chi connectivity index (χ0) is 8.10.